The Hall–Kier alpha value is -1.32. The molecule has 1 aromatic rings. The molecule has 4 heteroatoms. The SMILES string of the molecule is C=CC(F)c1ccnnn1. The first-order valence-corrected chi connectivity index (χ1v) is 2.75. The van der Waals surface area contributed by atoms with Gasteiger partial charge in [0.25, 0.3) is 0 Å². The lowest BCUT2D eigenvalue weighted by Gasteiger charge is -1.96. The van der Waals surface area contributed by atoms with Gasteiger partial charge in [0.15, 0.2) is 6.17 Å². The number of hydrogen-bond acceptors (Lipinski definition) is 3. The van der Waals surface area contributed by atoms with Gasteiger partial charge in [-0.15, -0.1) is 10.2 Å². The van der Waals surface area contributed by atoms with Crippen LogP contribution in [0.3, 0.4) is 0 Å². The molecule has 1 heterocycles. The van der Waals surface area contributed by atoms with Crippen molar-refractivity contribution >= 4 is 0 Å². The normalized spacial score (nSPS) is 12.5. The van der Waals surface area contributed by atoms with E-state index in [1.54, 1.807) is 0 Å². The van der Waals surface area contributed by atoms with Crippen molar-refractivity contribution in [2.75, 3.05) is 0 Å². The van der Waals surface area contributed by atoms with Gasteiger partial charge in [-0.1, -0.05) is 12.7 Å². The largest absolute Gasteiger partial charge is 0.236 e. The molecule has 1 atom stereocenters. The van der Waals surface area contributed by atoms with E-state index in [0.29, 0.717) is 0 Å². The molecule has 1 aromatic heterocycles. The Bertz CT molecular complexity index is 211. The van der Waals surface area contributed by atoms with Crippen LogP contribution in [-0.4, -0.2) is 15.4 Å². The molecule has 0 aliphatic heterocycles. The summed E-state index contributed by atoms with van der Waals surface area (Å²) in [6.45, 7) is 3.27. The van der Waals surface area contributed by atoms with Crippen molar-refractivity contribution in [1.29, 1.82) is 0 Å². The van der Waals surface area contributed by atoms with Gasteiger partial charge >= 0.3 is 0 Å². The predicted molar refractivity (Wildman–Crippen MR) is 33.9 cm³/mol. The Morgan fingerprint density at radius 3 is 3.00 bits per heavy atom. The number of allylic oxidation sites excluding steroid dienone is 1. The number of nitrogens with zero attached hydrogens (tertiary/aromatic N) is 3. The minimum Gasteiger partial charge on any atom is -0.236 e. The maximum absolute atomic E-state index is 12.6. The first-order chi connectivity index (χ1) is 4.84. The predicted octanol–water partition coefficient (Wildman–Crippen LogP) is 1.07. The molecule has 0 fully saturated rings. The highest BCUT2D eigenvalue weighted by atomic mass is 19.1. The van der Waals surface area contributed by atoms with Gasteiger partial charge in [-0.05, 0) is 11.3 Å². The highest BCUT2D eigenvalue weighted by molar-refractivity contribution is 5.05. The van der Waals surface area contributed by atoms with E-state index in [4.69, 9.17) is 0 Å². The first kappa shape index (κ1) is 6.80. The van der Waals surface area contributed by atoms with Crippen molar-refractivity contribution in [1.82, 2.24) is 15.4 Å². The monoisotopic (exact) mass is 139 g/mol. The summed E-state index contributed by atoms with van der Waals surface area (Å²) in [5, 5.41) is 10.1. The lowest BCUT2D eigenvalue weighted by atomic mass is 10.3. The summed E-state index contributed by atoms with van der Waals surface area (Å²) in [5.41, 5.74) is 0.241. The summed E-state index contributed by atoms with van der Waals surface area (Å²) >= 11 is 0. The van der Waals surface area contributed by atoms with Crippen molar-refractivity contribution in [2.24, 2.45) is 0 Å². The molecule has 3 nitrogen and oxygen atoms in total. The van der Waals surface area contributed by atoms with Gasteiger partial charge in [0.1, 0.15) is 5.69 Å². The Labute approximate surface area is 57.6 Å². The lowest BCUT2D eigenvalue weighted by molar-refractivity contribution is 0.401. The van der Waals surface area contributed by atoms with Crippen molar-refractivity contribution in [3.05, 3.63) is 30.6 Å². The number of halogens is 1. The summed E-state index contributed by atoms with van der Waals surface area (Å²) in [6, 6.07) is 1.46. The maximum Gasteiger partial charge on any atom is 0.162 e. The van der Waals surface area contributed by atoms with Gasteiger partial charge in [0, 0.05) is 0 Å². The third kappa shape index (κ3) is 1.34. The second-order valence-electron chi connectivity index (χ2n) is 1.68. The summed E-state index contributed by atoms with van der Waals surface area (Å²) in [5.74, 6) is 0. The number of rotatable bonds is 2. The fraction of sp³-hybridized carbons (Fsp3) is 0.167. The van der Waals surface area contributed by atoms with Gasteiger partial charge in [-0.25, -0.2) is 4.39 Å². The number of aromatic nitrogens is 3. The second-order valence-corrected chi connectivity index (χ2v) is 1.68. The fourth-order valence-corrected chi connectivity index (χ4v) is 0.518. The Kier molecular flexibility index (Phi) is 2.04. The Morgan fingerprint density at radius 2 is 2.50 bits per heavy atom. The zero-order valence-electron chi connectivity index (χ0n) is 5.24. The standard InChI is InChI=1S/C6H6FN3/c1-2-5(7)6-3-4-8-10-9-6/h2-5H,1H2. The van der Waals surface area contributed by atoms with Crippen LogP contribution in [0.25, 0.3) is 0 Å². The Balaban J connectivity index is 2.84. The van der Waals surface area contributed by atoms with Gasteiger partial charge in [0.05, 0.1) is 6.20 Å². The zero-order chi connectivity index (χ0) is 7.40. The molecule has 52 valence electrons. The van der Waals surface area contributed by atoms with Crippen LogP contribution in [0.2, 0.25) is 0 Å². The van der Waals surface area contributed by atoms with Gasteiger partial charge in [-0.3, -0.25) is 0 Å². The Morgan fingerprint density at radius 1 is 1.70 bits per heavy atom. The van der Waals surface area contributed by atoms with E-state index >= 15 is 0 Å². The van der Waals surface area contributed by atoms with E-state index < -0.39 is 6.17 Å². The third-order valence-corrected chi connectivity index (χ3v) is 1.01. The van der Waals surface area contributed by atoms with Crippen molar-refractivity contribution in [2.45, 2.75) is 6.17 Å². The highest BCUT2D eigenvalue weighted by Crippen LogP contribution is 2.12. The molecular formula is C6H6FN3. The molecule has 0 N–H and O–H groups in total. The van der Waals surface area contributed by atoms with Crippen molar-refractivity contribution < 1.29 is 4.39 Å². The topological polar surface area (TPSA) is 38.7 Å². The molecule has 0 saturated carbocycles. The molecule has 0 saturated heterocycles. The summed E-state index contributed by atoms with van der Waals surface area (Å²) in [7, 11) is 0. The maximum atomic E-state index is 12.6. The summed E-state index contributed by atoms with van der Waals surface area (Å²) in [6.07, 6.45) is 1.30. The number of alkyl halides is 1. The van der Waals surface area contributed by atoms with Crippen LogP contribution >= 0.6 is 0 Å². The summed E-state index contributed by atoms with van der Waals surface area (Å²) in [4.78, 5) is 0. The number of hydrogen-bond donors (Lipinski definition) is 0. The molecule has 0 aliphatic rings. The molecule has 0 bridgehead atoms. The van der Waals surface area contributed by atoms with Gasteiger partial charge in [0.2, 0.25) is 0 Å². The molecule has 10 heavy (non-hydrogen) atoms. The summed E-state index contributed by atoms with van der Waals surface area (Å²) < 4.78 is 12.6. The second kappa shape index (κ2) is 3.00. The molecular weight excluding hydrogens is 133 g/mol. The molecule has 0 amide bonds. The van der Waals surface area contributed by atoms with Crippen LogP contribution < -0.4 is 0 Å². The molecule has 0 aliphatic carbocycles. The molecule has 0 radical (unpaired) electrons. The van der Waals surface area contributed by atoms with Crippen LogP contribution in [0.1, 0.15) is 11.9 Å². The van der Waals surface area contributed by atoms with Crippen LogP contribution in [0, 0.1) is 0 Å². The van der Waals surface area contributed by atoms with E-state index in [2.05, 4.69) is 22.0 Å². The smallest absolute Gasteiger partial charge is 0.162 e. The van der Waals surface area contributed by atoms with Crippen molar-refractivity contribution in [3.63, 3.8) is 0 Å². The average Bonchev–Trinajstić information content (AvgIpc) is 2.05. The quantitative estimate of drug-likeness (QED) is 0.575. The molecule has 0 aromatic carbocycles. The van der Waals surface area contributed by atoms with Crippen molar-refractivity contribution in [3.8, 4) is 0 Å². The molecule has 0 spiro atoms. The highest BCUT2D eigenvalue weighted by Gasteiger charge is 2.04. The minimum absolute atomic E-state index is 0.241. The minimum atomic E-state index is -1.24. The van der Waals surface area contributed by atoms with Gasteiger partial charge in [-0.2, -0.15) is 0 Å². The first-order valence-electron chi connectivity index (χ1n) is 2.75. The average molecular weight is 139 g/mol. The van der Waals surface area contributed by atoms with Crippen LogP contribution in [0.4, 0.5) is 4.39 Å². The van der Waals surface area contributed by atoms with Crippen LogP contribution in [-0.2, 0) is 0 Å². The third-order valence-electron chi connectivity index (χ3n) is 1.01. The van der Waals surface area contributed by atoms with Crippen LogP contribution in [0.15, 0.2) is 24.9 Å². The van der Waals surface area contributed by atoms with E-state index in [9.17, 15) is 4.39 Å². The molecule has 1 rings (SSSR count). The van der Waals surface area contributed by atoms with Gasteiger partial charge < -0.3 is 0 Å². The van der Waals surface area contributed by atoms with Crippen LogP contribution in [0.5, 0.6) is 0 Å². The lowest BCUT2D eigenvalue weighted by Crippen LogP contribution is -1.94. The zero-order valence-corrected chi connectivity index (χ0v) is 5.24. The van der Waals surface area contributed by atoms with E-state index in [-0.39, 0.29) is 5.69 Å². The van der Waals surface area contributed by atoms with E-state index in [1.807, 2.05) is 0 Å². The molecule has 1 unspecified atom stereocenters. The van der Waals surface area contributed by atoms with E-state index in [1.165, 1.54) is 12.3 Å². The van der Waals surface area contributed by atoms with E-state index in [0.717, 1.165) is 6.08 Å². The fourth-order valence-electron chi connectivity index (χ4n) is 0.518.